The molecule has 0 saturated heterocycles. The SMILES string of the molecule is CC(=O)c1c(C)cc(C)c(Cn2c(Cl)nc3c2c(=O)n(C)c(=O)n3C)c1C. The summed E-state index contributed by atoms with van der Waals surface area (Å²) in [6.07, 6.45) is 0. The average molecular weight is 389 g/mol. The summed E-state index contributed by atoms with van der Waals surface area (Å²) < 4.78 is 3.93. The molecule has 1 aromatic carbocycles. The van der Waals surface area contributed by atoms with Crippen molar-refractivity contribution in [1.82, 2.24) is 18.7 Å². The highest BCUT2D eigenvalue weighted by molar-refractivity contribution is 6.29. The lowest BCUT2D eigenvalue weighted by Crippen LogP contribution is -2.37. The molecule has 0 fully saturated rings. The van der Waals surface area contributed by atoms with E-state index in [-0.39, 0.29) is 28.8 Å². The molecule has 2 aromatic heterocycles. The second-order valence-corrected chi connectivity index (χ2v) is 7.23. The van der Waals surface area contributed by atoms with Crippen LogP contribution in [0.2, 0.25) is 5.28 Å². The standard InChI is InChI=1S/C19H21ClN4O3/c1-9-7-10(2)14(12(4)25)11(3)13(9)8-24-15-16(21-18(24)20)22(5)19(27)23(6)17(15)26/h7H,8H2,1-6H3. The van der Waals surface area contributed by atoms with Gasteiger partial charge in [0.25, 0.3) is 5.56 Å². The van der Waals surface area contributed by atoms with E-state index in [9.17, 15) is 14.4 Å². The van der Waals surface area contributed by atoms with Crippen molar-refractivity contribution >= 4 is 28.5 Å². The topological polar surface area (TPSA) is 78.9 Å². The molecule has 0 aliphatic heterocycles. The summed E-state index contributed by atoms with van der Waals surface area (Å²) in [7, 11) is 2.97. The summed E-state index contributed by atoms with van der Waals surface area (Å²) in [5.41, 5.74) is 3.93. The fourth-order valence-corrected chi connectivity index (χ4v) is 3.96. The second kappa shape index (κ2) is 6.49. The lowest BCUT2D eigenvalue weighted by atomic mass is 9.91. The molecule has 3 rings (SSSR count). The molecule has 27 heavy (non-hydrogen) atoms. The van der Waals surface area contributed by atoms with E-state index >= 15 is 0 Å². The number of ketones is 1. The Labute approximate surface area is 160 Å². The van der Waals surface area contributed by atoms with Gasteiger partial charge in [0.15, 0.2) is 16.9 Å². The van der Waals surface area contributed by atoms with Crippen molar-refractivity contribution in [2.45, 2.75) is 34.2 Å². The second-order valence-electron chi connectivity index (χ2n) is 6.89. The Hall–Kier alpha value is -2.67. The molecule has 0 amide bonds. The van der Waals surface area contributed by atoms with Gasteiger partial charge in [-0.25, -0.2) is 4.79 Å². The van der Waals surface area contributed by atoms with Crippen molar-refractivity contribution in [2.24, 2.45) is 14.1 Å². The van der Waals surface area contributed by atoms with Gasteiger partial charge >= 0.3 is 5.69 Å². The maximum Gasteiger partial charge on any atom is 0.332 e. The molecular formula is C19H21ClN4O3. The molecule has 142 valence electrons. The fraction of sp³-hybridized carbons (Fsp3) is 0.368. The van der Waals surface area contributed by atoms with Crippen LogP contribution in [0.3, 0.4) is 0 Å². The van der Waals surface area contributed by atoms with Crippen molar-refractivity contribution in [3.05, 3.63) is 60.0 Å². The van der Waals surface area contributed by atoms with E-state index in [1.54, 1.807) is 18.5 Å². The van der Waals surface area contributed by atoms with E-state index in [2.05, 4.69) is 4.98 Å². The molecule has 0 aliphatic carbocycles. The van der Waals surface area contributed by atoms with Crippen LogP contribution in [0.1, 0.15) is 39.5 Å². The number of fused-ring (bicyclic) bond motifs is 1. The van der Waals surface area contributed by atoms with Gasteiger partial charge in [0.2, 0.25) is 5.28 Å². The van der Waals surface area contributed by atoms with Crippen LogP contribution in [0.5, 0.6) is 0 Å². The van der Waals surface area contributed by atoms with Crippen LogP contribution in [0.15, 0.2) is 15.7 Å². The van der Waals surface area contributed by atoms with Gasteiger partial charge < -0.3 is 4.57 Å². The van der Waals surface area contributed by atoms with Gasteiger partial charge in [-0.2, -0.15) is 4.98 Å². The maximum absolute atomic E-state index is 12.7. The van der Waals surface area contributed by atoms with Crippen molar-refractivity contribution in [1.29, 1.82) is 0 Å². The lowest BCUT2D eigenvalue weighted by Gasteiger charge is -2.17. The third kappa shape index (κ3) is 2.82. The molecule has 7 nitrogen and oxygen atoms in total. The highest BCUT2D eigenvalue weighted by Gasteiger charge is 2.21. The number of aryl methyl sites for hydroxylation is 3. The normalized spacial score (nSPS) is 11.4. The third-order valence-corrected chi connectivity index (χ3v) is 5.39. The van der Waals surface area contributed by atoms with Crippen molar-refractivity contribution in [3.63, 3.8) is 0 Å². The number of hydrogen-bond donors (Lipinski definition) is 0. The molecule has 0 unspecified atom stereocenters. The van der Waals surface area contributed by atoms with Crippen LogP contribution in [0.25, 0.3) is 11.2 Å². The lowest BCUT2D eigenvalue weighted by molar-refractivity contribution is 0.101. The van der Waals surface area contributed by atoms with E-state index in [0.29, 0.717) is 5.56 Å². The number of nitrogens with zero attached hydrogens (tertiary/aromatic N) is 4. The number of aromatic nitrogens is 4. The highest BCUT2D eigenvalue weighted by Crippen LogP contribution is 2.26. The van der Waals surface area contributed by atoms with E-state index in [1.165, 1.54) is 11.6 Å². The first-order valence-corrected chi connectivity index (χ1v) is 8.86. The molecule has 8 heteroatoms. The zero-order chi connectivity index (χ0) is 20.2. The van der Waals surface area contributed by atoms with Gasteiger partial charge in [-0.15, -0.1) is 0 Å². The minimum Gasteiger partial charge on any atom is -0.304 e. The Kier molecular flexibility index (Phi) is 4.59. The van der Waals surface area contributed by atoms with Gasteiger partial charge in [-0.3, -0.25) is 18.7 Å². The van der Waals surface area contributed by atoms with Gasteiger partial charge in [0.05, 0.1) is 6.54 Å². The van der Waals surface area contributed by atoms with Gasteiger partial charge in [0, 0.05) is 19.7 Å². The number of carbonyl (C=O) groups is 1. The third-order valence-electron chi connectivity index (χ3n) is 5.10. The predicted octanol–water partition coefficient (Wildman–Crippen LogP) is 2.26. The van der Waals surface area contributed by atoms with Crippen molar-refractivity contribution in [3.8, 4) is 0 Å². The summed E-state index contributed by atoms with van der Waals surface area (Å²) >= 11 is 6.33. The van der Waals surface area contributed by atoms with E-state index < -0.39 is 11.2 Å². The Bertz CT molecular complexity index is 1230. The molecule has 0 radical (unpaired) electrons. The minimum absolute atomic E-state index is 0.00820. The molecular weight excluding hydrogens is 368 g/mol. The largest absolute Gasteiger partial charge is 0.332 e. The van der Waals surface area contributed by atoms with Crippen molar-refractivity contribution < 1.29 is 4.79 Å². The summed E-state index contributed by atoms with van der Waals surface area (Å²) in [6.45, 7) is 7.58. The summed E-state index contributed by atoms with van der Waals surface area (Å²) in [5, 5.41) is 0.118. The average Bonchev–Trinajstić information content (AvgIpc) is 2.90. The molecule has 3 aromatic rings. The highest BCUT2D eigenvalue weighted by atomic mass is 35.5. The van der Waals surface area contributed by atoms with Crippen LogP contribution in [-0.4, -0.2) is 24.5 Å². The van der Waals surface area contributed by atoms with E-state index in [1.807, 2.05) is 26.8 Å². The first-order valence-electron chi connectivity index (χ1n) is 8.48. The van der Waals surface area contributed by atoms with Crippen molar-refractivity contribution in [2.75, 3.05) is 0 Å². The number of carbonyl (C=O) groups excluding carboxylic acids is 1. The predicted molar refractivity (Wildman–Crippen MR) is 105 cm³/mol. The first-order chi connectivity index (χ1) is 12.6. The number of rotatable bonds is 3. The molecule has 0 N–H and O–H groups in total. The summed E-state index contributed by atoms with van der Waals surface area (Å²) in [6, 6.07) is 1.96. The van der Waals surface area contributed by atoms with Gasteiger partial charge in [0.1, 0.15) is 0 Å². The Morgan fingerprint density at radius 3 is 2.33 bits per heavy atom. The molecule has 0 aliphatic rings. The zero-order valence-electron chi connectivity index (χ0n) is 16.2. The smallest absolute Gasteiger partial charge is 0.304 e. The Morgan fingerprint density at radius 2 is 1.74 bits per heavy atom. The zero-order valence-corrected chi connectivity index (χ0v) is 16.9. The van der Waals surface area contributed by atoms with Crippen LogP contribution in [0.4, 0.5) is 0 Å². The molecule has 0 spiro atoms. The maximum atomic E-state index is 12.7. The van der Waals surface area contributed by atoms with E-state index in [4.69, 9.17) is 11.6 Å². The fourth-order valence-electron chi connectivity index (χ4n) is 3.73. The molecule has 0 bridgehead atoms. The summed E-state index contributed by atoms with van der Waals surface area (Å²) in [5.74, 6) is -0.00820. The molecule has 0 saturated carbocycles. The van der Waals surface area contributed by atoms with E-state index in [0.717, 1.165) is 26.8 Å². The van der Waals surface area contributed by atoms with Crippen LogP contribution >= 0.6 is 11.6 Å². The number of halogens is 1. The minimum atomic E-state index is -0.463. The first kappa shape index (κ1) is 19.1. The Balaban J connectivity index is 2.33. The number of benzene rings is 1. The van der Waals surface area contributed by atoms with Crippen LogP contribution < -0.4 is 11.2 Å². The van der Waals surface area contributed by atoms with Gasteiger partial charge in [-0.1, -0.05) is 6.07 Å². The number of Topliss-reactive ketones (excluding diaryl/α,β-unsaturated/α-hetero) is 1. The number of imidazole rings is 1. The molecule has 2 heterocycles. The summed E-state index contributed by atoms with van der Waals surface area (Å²) in [4.78, 5) is 41.1. The monoisotopic (exact) mass is 388 g/mol. The number of hydrogen-bond acceptors (Lipinski definition) is 4. The van der Waals surface area contributed by atoms with Crippen LogP contribution in [-0.2, 0) is 20.6 Å². The van der Waals surface area contributed by atoms with Gasteiger partial charge in [-0.05, 0) is 61.5 Å². The Morgan fingerprint density at radius 1 is 1.11 bits per heavy atom. The quantitative estimate of drug-likeness (QED) is 0.509. The van der Waals surface area contributed by atoms with Crippen LogP contribution in [0, 0.1) is 20.8 Å². The molecule has 0 atom stereocenters.